The number of nitrogens with one attached hydrogen (secondary N) is 1. The number of allylic oxidation sites excluding steroid dienone is 1. The Bertz CT molecular complexity index is 1410. The van der Waals surface area contributed by atoms with Crippen LogP contribution in [0.1, 0.15) is 48.0 Å². The molecule has 0 bridgehead atoms. The van der Waals surface area contributed by atoms with Gasteiger partial charge in [-0.05, 0) is 61.3 Å². The van der Waals surface area contributed by atoms with Crippen molar-refractivity contribution in [2.75, 3.05) is 0 Å². The van der Waals surface area contributed by atoms with E-state index in [4.69, 9.17) is 21.7 Å². The van der Waals surface area contributed by atoms with Gasteiger partial charge in [-0.25, -0.2) is 4.39 Å². The molecule has 4 aromatic rings. The molecule has 0 spiro atoms. The Morgan fingerprint density at radius 3 is 2.28 bits per heavy atom. The van der Waals surface area contributed by atoms with E-state index >= 15 is 0 Å². The molecule has 0 saturated heterocycles. The van der Waals surface area contributed by atoms with Crippen LogP contribution in [0.15, 0.2) is 83.0 Å². The number of benzene rings is 3. The zero-order valence-corrected chi connectivity index (χ0v) is 21.3. The fourth-order valence-electron chi connectivity index (χ4n) is 4.37. The highest BCUT2D eigenvalue weighted by Gasteiger charge is 2.34. The molecule has 182 valence electrons. The monoisotopic (exact) mass is 498 g/mol. The molecule has 1 aliphatic rings. The second-order valence-corrected chi connectivity index (χ2v) is 9.37. The van der Waals surface area contributed by atoms with Crippen molar-refractivity contribution in [3.05, 3.63) is 112 Å². The number of thiocarbonyl (C=S) groups is 1. The number of nitrogens with zero attached hydrogens (tertiary/aromatic N) is 3. The zero-order chi connectivity index (χ0) is 25.2. The summed E-state index contributed by atoms with van der Waals surface area (Å²) in [4.78, 5) is 6.77. The molecule has 0 fully saturated rings. The Balaban J connectivity index is 1.57. The largest absolute Gasteiger partial charge is 0.351 e. The number of aryl methyl sites for hydroxylation is 2. The van der Waals surface area contributed by atoms with E-state index in [0.29, 0.717) is 23.4 Å². The van der Waals surface area contributed by atoms with Crippen LogP contribution in [0, 0.1) is 12.7 Å². The molecule has 0 saturated carbocycles. The zero-order valence-electron chi connectivity index (χ0n) is 20.5. The van der Waals surface area contributed by atoms with E-state index < -0.39 is 0 Å². The molecule has 1 atom stereocenters. The van der Waals surface area contributed by atoms with Gasteiger partial charge in [0.05, 0.1) is 11.6 Å². The number of hydrogen-bond donors (Lipinski definition) is 1. The number of hydrogen-bond acceptors (Lipinski definition) is 4. The Morgan fingerprint density at radius 2 is 1.61 bits per heavy atom. The molecular formula is C29H27FN4OS. The molecule has 3 aromatic carbocycles. The smallest absolute Gasteiger partial charge is 0.258 e. The third-order valence-corrected chi connectivity index (χ3v) is 6.88. The van der Waals surface area contributed by atoms with Gasteiger partial charge >= 0.3 is 0 Å². The van der Waals surface area contributed by atoms with Gasteiger partial charge in [-0.2, -0.15) is 4.98 Å². The predicted octanol–water partition coefficient (Wildman–Crippen LogP) is 6.61. The van der Waals surface area contributed by atoms with E-state index in [1.807, 2.05) is 24.0 Å². The number of rotatable bonds is 6. The summed E-state index contributed by atoms with van der Waals surface area (Å²) in [5.41, 5.74) is 7.08. The first-order chi connectivity index (χ1) is 17.4. The summed E-state index contributed by atoms with van der Waals surface area (Å²) in [6, 6.07) is 22.7. The van der Waals surface area contributed by atoms with E-state index in [1.54, 1.807) is 12.1 Å². The second kappa shape index (κ2) is 10.0. The molecule has 7 heteroatoms. The van der Waals surface area contributed by atoms with Crippen molar-refractivity contribution in [1.82, 2.24) is 20.4 Å². The lowest BCUT2D eigenvalue weighted by Gasteiger charge is -2.37. The molecule has 1 aliphatic heterocycles. The van der Waals surface area contributed by atoms with Gasteiger partial charge in [0.15, 0.2) is 5.11 Å². The summed E-state index contributed by atoms with van der Waals surface area (Å²) in [5.74, 6) is 0.705. The molecule has 1 aromatic heterocycles. The van der Waals surface area contributed by atoms with Crippen LogP contribution in [-0.2, 0) is 13.0 Å². The van der Waals surface area contributed by atoms with Crippen LogP contribution in [0.3, 0.4) is 0 Å². The third-order valence-electron chi connectivity index (χ3n) is 6.54. The van der Waals surface area contributed by atoms with Gasteiger partial charge in [-0.3, -0.25) is 0 Å². The molecule has 5 nitrogen and oxygen atoms in total. The van der Waals surface area contributed by atoms with Crippen molar-refractivity contribution in [3.8, 4) is 11.4 Å². The van der Waals surface area contributed by atoms with Gasteiger partial charge in [0.25, 0.3) is 5.89 Å². The number of aromatic nitrogens is 2. The van der Waals surface area contributed by atoms with Crippen LogP contribution in [-0.4, -0.2) is 20.2 Å². The fraction of sp³-hybridized carbons (Fsp3) is 0.207. The SMILES string of the molecule is CCc1ccc(-c2noc(C3=C(C)N(Cc4ccc(F)cc4)C(=S)NC3c3ccc(C)cc3)n2)cc1. The van der Waals surface area contributed by atoms with Gasteiger partial charge in [-0.15, -0.1) is 0 Å². The molecule has 0 amide bonds. The molecule has 0 aliphatic carbocycles. The van der Waals surface area contributed by atoms with E-state index in [1.165, 1.54) is 23.3 Å². The number of halogens is 1. The van der Waals surface area contributed by atoms with Crippen LogP contribution in [0.4, 0.5) is 4.39 Å². The normalized spacial score (nSPS) is 15.8. The first-order valence-corrected chi connectivity index (χ1v) is 12.4. The molecule has 1 unspecified atom stereocenters. The van der Waals surface area contributed by atoms with Crippen LogP contribution >= 0.6 is 12.2 Å². The van der Waals surface area contributed by atoms with E-state index in [9.17, 15) is 4.39 Å². The van der Waals surface area contributed by atoms with Crippen molar-refractivity contribution in [3.63, 3.8) is 0 Å². The van der Waals surface area contributed by atoms with E-state index in [0.717, 1.165) is 34.4 Å². The molecular weight excluding hydrogens is 471 g/mol. The highest BCUT2D eigenvalue weighted by Crippen LogP contribution is 2.38. The van der Waals surface area contributed by atoms with E-state index in [-0.39, 0.29) is 11.9 Å². The van der Waals surface area contributed by atoms with Crippen molar-refractivity contribution in [2.45, 2.75) is 39.8 Å². The van der Waals surface area contributed by atoms with Gasteiger partial charge in [0.2, 0.25) is 5.82 Å². The standard InChI is InChI=1S/C29H27FN4OS/c1-4-20-7-13-23(14-8-20)27-32-28(35-33-27)25-19(3)34(17-21-9-15-24(30)16-10-21)29(36)31-26(25)22-11-5-18(2)6-12-22/h5-16,26H,4,17H2,1-3H3,(H,31,36). The maximum Gasteiger partial charge on any atom is 0.258 e. The average Bonchev–Trinajstić information content (AvgIpc) is 3.37. The molecule has 36 heavy (non-hydrogen) atoms. The second-order valence-electron chi connectivity index (χ2n) is 8.98. The van der Waals surface area contributed by atoms with Crippen molar-refractivity contribution < 1.29 is 8.91 Å². The maximum atomic E-state index is 13.5. The highest BCUT2D eigenvalue weighted by molar-refractivity contribution is 7.80. The lowest BCUT2D eigenvalue weighted by Crippen LogP contribution is -2.45. The molecule has 1 N–H and O–H groups in total. The lowest BCUT2D eigenvalue weighted by molar-refractivity contribution is 0.396. The topological polar surface area (TPSA) is 54.2 Å². The van der Waals surface area contributed by atoms with E-state index in [2.05, 4.69) is 60.7 Å². The van der Waals surface area contributed by atoms with Gasteiger partial charge in [-0.1, -0.05) is 78.3 Å². The predicted molar refractivity (Wildman–Crippen MR) is 143 cm³/mol. The van der Waals surface area contributed by atoms with Gasteiger partial charge in [0.1, 0.15) is 5.82 Å². The lowest BCUT2D eigenvalue weighted by atomic mass is 9.94. The minimum atomic E-state index is -0.268. The van der Waals surface area contributed by atoms with Crippen molar-refractivity contribution >= 4 is 22.9 Å². The molecule has 0 radical (unpaired) electrons. The van der Waals surface area contributed by atoms with Crippen LogP contribution < -0.4 is 5.32 Å². The fourth-order valence-corrected chi connectivity index (χ4v) is 4.69. The van der Waals surface area contributed by atoms with Crippen molar-refractivity contribution in [2.24, 2.45) is 0 Å². The average molecular weight is 499 g/mol. The third kappa shape index (κ3) is 4.79. The Hall–Kier alpha value is -3.84. The summed E-state index contributed by atoms with van der Waals surface area (Å²) in [6.45, 7) is 6.68. The van der Waals surface area contributed by atoms with Crippen LogP contribution in [0.2, 0.25) is 0 Å². The molecule has 2 heterocycles. The van der Waals surface area contributed by atoms with Crippen LogP contribution in [0.5, 0.6) is 0 Å². The summed E-state index contributed by atoms with van der Waals surface area (Å²) in [5, 5.41) is 8.35. The first-order valence-electron chi connectivity index (χ1n) is 12.0. The van der Waals surface area contributed by atoms with Crippen molar-refractivity contribution in [1.29, 1.82) is 0 Å². The van der Waals surface area contributed by atoms with Gasteiger partial charge in [0, 0.05) is 17.8 Å². The summed E-state index contributed by atoms with van der Waals surface area (Å²) >= 11 is 5.78. The Kier molecular flexibility index (Phi) is 6.65. The summed E-state index contributed by atoms with van der Waals surface area (Å²) in [6.07, 6.45) is 0.970. The first kappa shape index (κ1) is 23.9. The Morgan fingerprint density at radius 1 is 0.944 bits per heavy atom. The summed E-state index contributed by atoms with van der Waals surface area (Å²) < 4.78 is 19.3. The quantitative estimate of drug-likeness (QED) is 0.302. The molecule has 5 rings (SSSR count). The maximum absolute atomic E-state index is 13.5. The van der Waals surface area contributed by atoms with Gasteiger partial charge < -0.3 is 14.7 Å². The minimum Gasteiger partial charge on any atom is -0.351 e. The van der Waals surface area contributed by atoms with Crippen LogP contribution in [0.25, 0.3) is 17.0 Å². The highest BCUT2D eigenvalue weighted by atomic mass is 32.1. The Labute approximate surface area is 215 Å². The minimum absolute atomic E-state index is 0.252. The summed E-state index contributed by atoms with van der Waals surface area (Å²) in [7, 11) is 0.